The highest BCUT2D eigenvalue weighted by atomic mass is 16.7. The minimum atomic E-state index is -2.22. The molecule has 13 heavy (non-hydrogen) atoms. The highest BCUT2D eigenvalue weighted by molar-refractivity contribution is 5.57. The van der Waals surface area contributed by atoms with Crippen LogP contribution in [-0.4, -0.2) is 15.5 Å². The van der Waals surface area contributed by atoms with Gasteiger partial charge < -0.3 is 0 Å². The Hall–Kier alpha value is -1.98. The first-order valence-corrected chi connectivity index (χ1v) is 3.50. The van der Waals surface area contributed by atoms with Crippen molar-refractivity contribution in [1.29, 1.82) is 0 Å². The Bertz CT molecular complexity index is 367. The van der Waals surface area contributed by atoms with Gasteiger partial charge in [0.05, 0.1) is 0 Å². The summed E-state index contributed by atoms with van der Waals surface area (Å²) in [6.45, 7) is 0. The lowest BCUT2D eigenvalue weighted by atomic mass is 10.1. The second-order valence-corrected chi connectivity index (χ2v) is 2.76. The number of fused-ring (bicyclic) bond motifs is 2. The van der Waals surface area contributed by atoms with Crippen LogP contribution in [0.3, 0.4) is 0 Å². The summed E-state index contributed by atoms with van der Waals surface area (Å²) < 4.78 is 0. The highest BCUT2D eigenvalue weighted by Gasteiger charge is 2.65. The molecule has 2 aliphatic carbocycles. The van der Waals surface area contributed by atoms with E-state index in [4.69, 9.17) is 0 Å². The van der Waals surface area contributed by atoms with Crippen LogP contribution in [0.4, 0.5) is 0 Å². The van der Waals surface area contributed by atoms with E-state index in [9.17, 15) is 20.2 Å². The lowest BCUT2D eigenvalue weighted by molar-refractivity contribution is -0.768. The van der Waals surface area contributed by atoms with Gasteiger partial charge in [-0.25, -0.2) is 0 Å². The van der Waals surface area contributed by atoms with Gasteiger partial charge in [0.2, 0.25) is 0 Å². The van der Waals surface area contributed by atoms with Gasteiger partial charge in [-0.15, -0.1) is 0 Å². The van der Waals surface area contributed by atoms with Crippen molar-refractivity contribution in [3.8, 4) is 0 Å². The summed E-state index contributed by atoms with van der Waals surface area (Å²) >= 11 is 0. The molecule has 0 aromatic rings. The number of rotatable bonds is 2. The van der Waals surface area contributed by atoms with Crippen LogP contribution in [0.5, 0.6) is 0 Å². The van der Waals surface area contributed by atoms with Crippen molar-refractivity contribution in [3.63, 3.8) is 0 Å². The fourth-order valence-corrected chi connectivity index (χ4v) is 1.59. The minimum Gasteiger partial charge on any atom is -0.258 e. The van der Waals surface area contributed by atoms with Gasteiger partial charge in [-0.2, -0.15) is 0 Å². The molecule has 0 unspecified atom stereocenters. The Morgan fingerprint density at radius 1 is 1.00 bits per heavy atom. The molecule has 0 saturated carbocycles. The zero-order valence-corrected chi connectivity index (χ0v) is 6.34. The van der Waals surface area contributed by atoms with Crippen molar-refractivity contribution in [2.75, 3.05) is 0 Å². The SMILES string of the molecule is O=[N+]([O-])C1([N+](=O)[O-])C2=CC=C1C=C2. The molecule has 2 rings (SSSR count). The fraction of sp³-hybridized carbons (Fsp3) is 0.143. The van der Waals surface area contributed by atoms with Gasteiger partial charge in [-0.1, -0.05) is 0 Å². The first kappa shape index (κ1) is 7.66. The van der Waals surface area contributed by atoms with Gasteiger partial charge in [-0.05, 0) is 24.3 Å². The molecule has 0 aromatic carbocycles. The predicted octanol–water partition coefficient (Wildman–Crippen LogP) is 0.672. The Morgan fingerprint density at radius 2 is 1.38 bits per heavy atom. The smallest absolute Gasteiger partial charge is 0.258 e. The summed E-state index contributed by atoms with van der Waals surface area (Å²) in [7, 11) is 0. The third-order valence-corrected chi connectivity index (χ3v) is 2.22. The van der Waals surface area contributed by atoms with E-state index in [1.807, 2.05) is 0 Å². The molecule has 0 N–H and O–H groups in total. The molecule has 0 radical (unpaired) electrons. The van der Waals surface area contributed by atoms with Crippen LogP contribution in [-0.2, 0) is 0 Å². The third-order valence-electron chi connectivity index (χ3n) is 2.22. The number of nitrogens with zero attached hydrogens (tertiary/aromatic N) is 2. The maximum atomic E-state index is 10.7. The van der Waals surface area contributed by atoms with E-state index in [2.05, 4.69) is 0 Å². The highest BCUT2D eigenvalue weighted by Crippen LogP contribution is 2.41. The van der Waals surface area contributed by atoms with Crippen molar-refractivity contribution in [2.45, 2.75) is 5.66 Å². The fourth-order valence-electron chi connectivity index (χ4n) is 1.59. The lowest BCUT2D eigenvalue weighted by Crippen LogP contribution is -2.45. The normalized spacial score (nSPS) is 21.2. The van der Waals surface area contributed by atoms with E-state index in [-0.39, 0.29) is 11.1 Å². The molecule has 2 bridgehead atoms. The third kappa shape index (κ3) is 0.629. The van der Waals surface area contributed by atoms with Crippen LogP contribution in [0.25, 0.3) is 0 Å². The van der Waals surface area contributed by atoms with Crippen LogP contribution in [0.15, 0.2) is 35.5 Å². The summed E-state index contributed by atoms with van der Waals surface area (Å²) in [6, 6.07) is 0. The van der Waals surface area contributed by atoms with Crippen molar-refractivity contribution in [1.82, 2.24) is 0 Å². The van der Waals surface area contributed by atoms with E-state index in [0.29, 0.717) is 0 Å². The van der Waals surface area contributed by atoms with Gasteiger partial charge in [0, 0.05) is 0 Å². The van der Waals surface area contributed by atoms with Gasteiger partial charge in [0.25, 0.3) is 0 Å². The summed E-state index contributed by atoms with van der Waals surface area (Å²) in [6.07, 6.45) is 5.61. The van der Waals surface area contributed by atoms with Gasteiger partial charge in [0.15, 0.2) is 0 Å². The monoisotopic (exact) mass is 180 g/mol. The molecular formula is C7H4N2O4. The quantitative estimate of drug-likeness (QED) is 0.355. The van der Waals surface area contributed by atoms with E-state index >= 15 is 0 Å². The molecule has 0 saturated heterocycles. The summed E-state index contributed by atoms with van der Waals surface area (Å²) in [4.78, 5) is 19.6. The Kier molecular flexibility index (Phi) is 1.20. The minimum absolute atomic E-state index is 0.123. The van der Waals surface area contributed by atoms with Crippen LogP contribution in [0.2, 0.25) is 0 Å². The van der Waals surface area contributed by atoms with Crippen LogP contribution in [0.1, 0.15) is 0 Å². The standard InChI is InChI=1S/C7H4N2O4/c10-8(11)7(9(12)13)5-1-2-6(7)4-3-5/h1-4H. The molecule has 0 aliphatic heterocycles. The van der Waals surface area contributed by atoms with Crippen LogP contribution in [0, 0.1) is 20.2 Å². The van der Waals surface area contributed by atoms with Gasteiger partial charge in [0.1, 0.15) is 21.0 Å². The van der Waals surface area contributed by atoms with Crippen molar-refractivity contribution < 1.29 is 9.85 Å². The molecular weight excluding hydrogens is 176 g/mol. The maximum Gasteiger partial charge on any atom is 0.510 e. The van der Waals surface area contributed by atoms with E-state index in [0.717, 1.165) is 0 Å². The molecule has 0 heterocycles. The van der Waals surface area contributed by atoms with Gasteiger partial charge >= 0.3 is 5.66 Å². The summed E-state index contributed by atoms with van der Waals surface area (Å²) in [5, 5.41) is 21.3. The Balaban J connectivity index is 2.64. The second kappa shape index (κ2) is 2.03. The number of hydrogen-bond acceptors (Lipinski definition) is 4. The lowest BCUT2D eigenvalue weighted by Gasteiger charge is -2.10. The van der Waals surface area contributed by atoms with E-state index in [1.54, 1.807) is 0 Å². The molecule has 2 aliphatic rings. The number of hydrogen-bond donors (Lipinski definition) is 0. The Labute approximate surface area is 72.2 Å². The maximum absolute atomic E-state index is 10.7. The number of nitro groups is 2. The molecule has 0 amide bonds. The molecule has 6 nitrogen and oxygen atoms in total. The average Bonchev–Trinajstić information content (AvgIpc) is 2.57. The van der Waals surface area contributed by atoms with Crippen LogP contribution >= 0.6 is 0 Å². The van der Waals surface area contributed by atoms with E-state index < -0.39 is 15.5 Å². The van der Waals surface area contributed by atoms with Gasteiger partial charge in [-0.3, -0.25) is 20.2 Å². The van der Waals surface area contributed by atoms with Crippen molar-refractivity contribution >= 4 is 0 Å². The average molecular weight is 180 g/mol. The van der Waals surface area contributed by atoms with Crippen molar-refractivity contribution in [3.05, 3.63) is 55.7 Å². The molecule has 0 fully saturated rings. The molecule has 0 atom stereocenters. The largest absolute Gasteiger partial charge is 0.510 e. The first-order valence-electron chi connectivity index (χ1n) is 3.50. The molecule has 0 aromatic heterocycles. The van der Waals surface area contributed by atoms with Crippen LogP contribution < -0.4 is 0 Å². The molecule has 0 spiro atoms. The summed E-state index contributed by atoms with van der Waals surface area (Å²) in [5.41, 5.74) is -1.98. The summed E-state index contributed by atoms with van der Waals surface area (Å²) in [5.74, 6) is 0. The predicted molar refractivity (Wildman–Crippen MR) is 42.0 cm³/mol. The molecule has 6 heteroatoms. The Morgan fingerprint density at radius 3 is 1.54 bits per heavy atom. The van der Waals surface area contributed by atoms with Crippen molar-refractivity contribution in [2.24, 2.45) is 0 Å². The zero-order valence-electron chi connectivity index (χ0n) is 6.34. The second-order valence-electron chi connectivity index (χ2n) is 2.76. The molecule has 66 valence electrons. The zero-order chi connectivity index (χ0) is 9.64. The van der Waals surface area contributed by atoms with E-state index in [1.165, 1.54) is 24.3 Å². The topological polar surface area (TPSA) is 86.3 Å². The number of allylic oxidation sites excluding steroid dienone is 2. The first-order chi connectivity index (χ1) is 6.10.